The van der Waals surface area contributed by atoms with E-state index in [0.717, 1.165) is 23.4 Å². The summed E-state index contributed by atoms with van der Waals surface area (Å²) >= 11 is 0. The van der Waals surface area contributed by atoms with Crippen LogP contribution in [-0.2, 0) is 6.42 Å². The molecule has 10 heavy (non-hydrogen) atoms. The minimum Gasteiger partial charge on any atom is -0.361 e. The fourth-order valence-corrected chi connectivity index (χ4v) is 0.797. The Morgan fingerprint density at radius 2 is 2.50 bits per heavy atom. The van der Waals surface area contributed by atoms with Crippen LogP contribution in [0.4, 0.5) is 0 Å². The quantitative estimate of drug-likeness (QED) is 0.583. The molecule has 0 fully saturated rings. The third-order valence-electron chi connectivity index (χ3n) is 1.15. The zero-order valence-electron chi connectivity index (χ0n) is 6.35. The fourth-order valence-electron chi connectivity index (χ4n) is 0.797. The van der Waals surface area contributed by atoms with Gasteiger partial charge in [0.2, 0.25) is 0 Å². The van der Waals surface area contributed by atoms with Crippen molar-refractivity contribution in [2.45, 2.75) is 20.3 Å². The molecule has 0 spiro atoms. The van der Waals surface area contributed by atoms with E-state index in [2.05, 4.69) is 11.7 Å². The van der Waals surface area contributed by atoms with Gasteiger partial charge in [-0.25, -0.2) is 0 Å². The average Bonchev–Trinajstić information content (AvgIpc) is 2.13. The van der Waals surface area contributed by atoms with Gasteiger partial charge in [0.15, 0.2) is 0 Å². The molecule has 0 amide bonds. The lowest BCUT2D eigenvalue weighted by Gasteiger charge is -1.89. The van der Waals surface area contributed by atoms with Crippen LogP contribution in [0.5, 0.6) is 0 Å². The zero-order valence-corrected chi connectivity index (χ0v) is 6.35. The molecule has 54 valence electrons. The van der Waals surface area contributed by atoms with E-state index in [1.54, 1.807) is 0 Å². The molecule has 1 aromatic heterocycles. The maximum atomic E-state index is 4.96. The van der Waals surface area contributed by atoms with Crippen LogP contribution in [0.15, 0.2) is 22.7 Å². The molecule has 0 atom stereocenters. The minimum atomic E-state index is 0.792. The van der Waals surface area contributed by atoms with Gasteiger partial charge in [0.25, 0.3) is 0 Å². The Balaban J connectivity index is 2.67. The molecule has 0 unspecified atom stereocenters. The second kappa shape index (κ2) is 2.69. The third kappa shape index (κ3) is 1.72. The highest BCUT2D eigenvalue weighted by Gasteiger charge is 1.98. The summed E-state index contributed by atoms with van der Waals surface area (Å²) in [4.78, 5) is 0. The van der Waals surface area contributed by atoms with Gasteiger partial charge < -0.3 is 4.52 Å². The molecule has 0 aromatic carbocycles. The molecule has 1 aromatic rings. The molecule has 0 bridgehead atoms. The zero-order chi connectivity index (χ0) is 7.56. The summed E-state index contributed by atoms with van der Waals surface area (Å²) < 4.78 is 4.96. The van der Waals surface area contributed by atoms with Crippen molar-refractivity contribution in [3.8, 4) is 0 Å². The van der Waals surface area contributed by atoms with Gasteiger partial charge in [0, 0.05) is 12.5 Å². The van der Waals surface area contributed by atoms with Crippen LogP contribution in [-0.4, -0.2) is 5.16 Å². The van der Waals surface area contributed by atoms with Gasteiger partial charge in [-0.15, -0.1) is 0 Å². The second-order valence-electron chi connectivity index (χ2n) is 2.57. The predicted octanol–water partition coefficient (Wildman–Crippen LogP) is 2.10. The molecule has 0 saturated heterocycles. The first-order valence-electron chi connectivity index (χ1n) is 3.25. The van der Waals surface area contributed by atoms with E-state index in [1.165, 1.54) is 0 Å². The standard InChI is InChI=1S/C8H11NO/c1-6(2)4-8-5-7(3)9-10-8/h5H,1,4H2,2-3H3. The van der Waals surface area contributed by atoms with Gasteiger partial charge >= 0.3 is 0 Å². The molecule has 1 heterocycles. The lowest BCUT2D eigenvalue weighted by Crippen LogP contribution is -1.79. The minimum absolute atomic E-state index is 0.792. The van der Waals surface area contributed by atoms with Crippen LogP contribution in [0.2, 0.25) is 0 Å². The first-order chi connectivity index (χ1) is 4.68. The van der Waals surface area contributed by atoms with Gasteiger partial charge in [-0.3, -0.25) is 0 Å². The fraction of sp³-hybridized carbons (Fsp3) is 0.375. The molecule has 0 saturated carbocycles. The van der Waals surface area contributed by atoms with Gasteiger partial charge in [0.1, 0.15) is 5.76 Å². The first-order valence-corrected chi connectivity index (χ1v) is 3.25. The summed E-state index contributed by atoms with van der Waals surface area (Å²) in [6.45, 7) is 7.65. The molecule has 0 N–H and O–H groups in total. The van der Waals surface area contributed by atoms with Crippen LogP contribution >= 0.6 is 0 Å². The molecule has 0 radical (unpaired) electrons. The average molecular weight is 137 g/mol. The van der Waals surface area contributed by atoms with Gasteiger partial charge in [-0.2, -0.15) is 0 Å². The second-order valence-corrected chi connectivity index (χ2v) is 2.57. The molecule has 0 aliphatic carbocycles. The van der Waals surface area contributed by atoms with Crippen molar-refractivity contribution >= 4 is 0 Å². The van der Waals surface area contributed by atoms with E-state index >= 15 is 0 Å². The number of hydrogen-bond donors (Lipinski definition) is 0. The highest BCUT2D eigenvalue weighted by Crippen LogP contribution is 2.06. The van der Waals surface area contributed by atoms with Crippen LogP contribution in [0.3, 0.4) is 0 Å². The molecule has 2 heteroatoms. The normalized spacial score (nSPS) is 9.80. The van der Waals surface area contributed by atoms with Crippen molar-refractivity contribution in [1.82, 2.24) is 5.16 Å². The summed E-state index contributed by atoms with van der Waals surface area (Å²) in [6, 6.07) is 1.93. The molecule has 2 nitrogen and oxygen atoms in total. The van der Waals surface area contributed by atoms with E-state index in [4.69, 9.17) is 4.52 Å². The van der Waals surface area contributed by atoms with E-state index in [-0.39, 0.29) is 0 Å². The van der Waals surface area contributed by atoms with Crippen molar-refractivity contribution < 1.29 is 4.52 Å². The Kier molecular flexibility index (Phi) is 1.90. The van der Waals surface area contributed by atoms with Gasteiger partial charge in [0.05, 0.1) is 5.69 Å². The third-order valence-corrected chi connectivity index (χ3v) is 1.15. The highest BCUT2D eigenvalue weighted by molar-refractivity contribution is 5.09. The Morgan fingerprint density at radius 1 is 1.80 bits per heavy atom. The SMILES string of the molecule is C=C(C)Cc1cc(C)no1. The molecular formula is C8H11NO. The first kappa shape index (κ1) is 7.06. The number of allylic oxidation sites excluding steroid dienone is 1. The smallest absolute Gasteiger partial charge is 0.140 e. The Hall–Kier alpha value is -1.05. The van der Waals surface area contributed by atoms with Crippen molar-refractivity contribution in [3.05, 3.63) is 29.7 Å². The maximum Gasteiger partial charge on any atom is 0.140 e. The van der Waals surface area contributed by atoms with E-state index < -0.39 is 0 Å². The molecular weight excluding hydrogens is 126 g/mol. The Bertz CT molecular complexity index is 237. The maximum absolute atomic E-state index is 4.96. The number of nitrogens with zero attached hydrogens (tertiary/aromatic N) is 1. The highest BCUT2D eigenvalue weighted by atomic mass is 16.5. The van der Waals surface area contributed by atoms with E-state index in [1.807, 2.05) is 19.9 Å². The van der Waals surface area contributed by atoms with Crippen molar-refractivity contribution in [3.63, 3.8) is 0 Å². The largest absolute Gasteiger partial charge is 0.361 e. The monoisotopic (exact) mass is 137 g/mol. The van der Waals surface area contributed by atoms with Crippen molar-refractivity contribution in [2.75, 3.05) is 0 Å². The summed E-state index contributed by atoms with van der Waals surface area (Å²) in [5.74, 6) is 0.894. The Labute approximate surface area is 60.5 Å². The molecule has 0 aliphatic rings. The predicted molar refractivity (Wildman–Crippen MR) is 39.8 cm³/mol. The number of aromatic nitrogens is 1. The van der Waals surface area contributed by atoms with E-state index in [0.29, 0.717) is 0 Å². The number of rotatable bonds is 2. The lowest BCUT2D eigenvalue weighted by molar-refractivity contribution is 0.385. The van der Waals surface area contributed by atoms with Crippen LogP contribution in [0, 0.1) is 6.92 Å². The topological polar surface area (TPSA) is 26.0 Å². The molecule has 0 aliphatic heterocycles. The summed E-state index contributed by atoms with van der Waals surface area (Å²) in [5.41, 5.74) is 2.02. The summed E-state index contributed by atoms with van der Waals surface area (Å²) in [7, 11) is 0. The van der Waals surface area contributed by atoms with Gasteiger partial charge in [-0.05, 0) is 13.8 Å². The van der Waals surface area contributed by atoms with Crippen molar-refractivity contribution in [1.29, 1.82) is 0 Å². The summed E-state index contributed by atoms with van der Waals surface area (Å²) in [6.07, 6.45) is 0.792. The van der Waals surface area contributed by atoms with Crippen LogP contribution in [0.1, 0.15) is 18.4 Å². The van der Waals surface area contributed by atoms with E-state index in [9.17, 15) is 0 Å². The van der Waals surface area contributed by atoms with Gasteiger partial charge in [-0.1, -0.05) is 17.3 Å². The number of aryl methyl sites for hydroxylation is 1. The lowest BCUT2D eigenvalue weighted by atomic mass is 10.2. The Morgan fingerprint density at radius 3 is 2.90 bits per heavy atom. The van der Waals surface area contributed by atoms with Crippen molar-refractivity contribution in [2.24, 2.45) is 0 Å². The molecule has 1 rings (SSSR count). The van der Waals surface area contributed by atoms with Crippen LogP contribution in [0.25, 0.3) is 0 Å². The number of hydrogen-bond acceptors (Lipinski definition) is 2. The van der Waals surface area contributed by atoms with Crippen LogP contribution < -0.4 is 0 Å². The summed E-state index contributed by atoms with van der Waals surface area (Å²) in [5, 5.41) is 3.75.